The third-order valence-electron chi connectivity index (χ3n) is 3.52. The van der Waals surface area contributed by atoms with E-state index >= 15 is 0 Å². The van der Waals surface area contributed by atoms with Crippen molar-refractivity contribution >= 4 is 11.7 Å². The van der Waals surface area contributed by atoms with Gasteiger partial charge in [-0.05, 0) is 24.6 Å². The van der Waals surface area contributed by atoms with Crippen molar-refractivity contribution in [2.24, 2.45) is 4.99 Å². The minimum absolute atomic E-state index is 0.0365. The van der Waals surface area contributed by atoms with Gasteiger partial charge in [-0.3, -0.25) is 9.79 Å². The maximum absolute atomic E-state index is 12.0. The summed E-state index contributed by atoms with van der Waals surface area (Å²) >= 11 is 0. The summed E-state index contributed by atoms with van der Waals surface area (Å²) in [5, 5.41) is 6.07. The van der Waals surface area contributed by atoms with Gasteiger partial charge < -0.3 is 20.1 Å². The molecule has 2 aliphatic heterocycles. The van der Waals surface area contributed by atoms with E-state index in [2.05, 4.69) is 15.6 Å². The molecule has 0 saturated carbocycles. The molecule has 2 heterocycles. The Morgan fingerprint density at radius 1 is 1.38 bits per heavy atom. The molecule has 0 spiro atoms. The molecule has 0 unspecified atom stereocenters. The molecular formula is C15H19N3O3. The Hall–Kier alpha value is -2.24. The van der Waals surface area contributed by atoms with Crippen LogP contribution in [0, 0.1) is 0 Å². The number of carbonyl (C=O) groups excluding carboxylic acids is 1. The van der Waals surface area contributed by atoms with E-state index in [1.165, 1.54) is 0 Å². The van der Waals surface area contributed by atoms with E-state index in [9.17, 15) is 4.79 Å². The van der Waals surface area contributed by atoms with Crippen LogP contribution in [0.15, 0.2) is 23.2 Å². The van der Waals surface area contributed by atoms with Gasteiger partial charge in [-0.25, -0.2) is 0 Å². The number of nitrogens with one attached hydrogen (secondary N) is 2. The second kappa shape index (κ2) is 6.03. The van der Waals surface area contributed by atoms with Crippen LogP contribution in [0.3, 0.4) is 0 Å². The molecule has 1 amide bonds. The monoisotopic (exact) mass is 289 g/mol. The van der Waals surface area contributed by atoms with Crippen molar-refractivity contribution in [2.45, 2.75) is 19.4 Å². The molecule has 0 fully saturated rings. The first kappa shape index (κ1) is 13.7. The van der Waals surface area contributed by atoms with Crippen LogP contribution in [0.2, 0.25) is 0 Å². The van der Waals surface area contributed by atoms with Crippen LogP contribution in [0.1, 0.15) is 24.9 Å². The highest BCUT2D eigenvalue weighted by Crippen LogP contribution is 2.32. The number of benzene rings is 1. The molecule has 1 atom stereocenters. The van der Waals surface area contributed by atoms with E-state index in [0.717, 1.165) is 36.0 Å². The molecule has 6 nitrogen and oxygen atoms in total. The predicted octanol–water partition coefficient (Wildman–Crippen LogP) is 1.03. The van der Waals surface area contributed by atoms with Crippen molar-refractivity contribution in [3.63, 3.8) is 0 Å². The number of carbonyl (C=O) groups is 1. The van der Waals surface area contributed by atoms with Crippen molar-refractivity contribution in [1.29, 1.82) is 0 Å². The summed E-state index contributed by atoms with van der Waals surface area (Å²) in [5.74, 6) is 2.22. The van der Waals surface area contributed by atoms with E-state index in [-0.39, 0.29) is 11.9 Å². The minimum Gasteiger partial charge on any atom is -0.486 e. The van der Waals surface area contributed by atoms with Crippen LogP contribution >= 0.6 is 0 Å². The summed E-state index contributed by atoms with van der Waals surface area (Å²) in [5.41, 5.74) is 0.994. The zero-order valence-electron chi connectivity index (χ0n) is 12.0. The number of rotatable bonds is 4. The molecule has 0 radical (unpaired) electrons. The third kappa shape index (κ3) is 3.26. The maximum atomic E-state index is 12.0. The smallest absolute Gasteiger partial charge is 0.228 e. The van der Waals surface area contributed by atoms with Gasteiger partial charge in [-0.15, -0.1) is 0 Å². The minimum atomic E-state index is -0.0877. The van der Waals surface area contributed by atoms with Crippen LogP contribution in [0.5, 0.6) is 11.5 Å². The van der Waals surface area contributed by atoms with E-state index in [0.29, 0.717) is 19.6 Å². The number of fused-ring (bicyclic) bond motifs is 1. The number of amidine groups is 1. The highest BCUT2D eigenvalue weighted by atomic mass is 16.6. The second-order valence-corrected chi connectivity index (χ2v) is 5.12. The second-order valence-electron chi connectivity index (χ2n) is 5.12. The number of aliphatic imine (C=N–C) groups is 1. The first-order valence-corrected chi connectivity index (χ1v) is 7.18. The topological polar surface area (TPSA) is 72.0 Å². The number of hydrogen-bond donors (Lipinski definition) is 2. The molecule has 21 heavy (non-hydrogen) atoms. The van der Waals surface area contributed by atoms with Crippen molar-refractivity contribution in [2.75, 3.05) is 26.3 Å². The Morgan fingerprint density at radius 3 is 2.95 bits per heavy atom. The quantitative estimate of drug-likeness (QED) is 0.868. The number of hydrogen-bond acceptors (Lipinski definition) is 5. The van der Waals surface area contributed by atoms with Crippen LogP contribution in [-0.4, -0.2) is 38.0 Å². The van der Waals surface area contributed by atoms with Gasteiger partial charge in [0.1, 0.15) is 19.0 Å². The number of ether oxygens (including phenoxy) is 2. The summed E-state index contributed by atoms with van der Waals surface area (Å²) in [6.45, 7) is 4.66. The fourth-order valence-corrected chi connectivity index (χ4v) is 2.42. The molecule has 0 bridgehead atoms. The molecule has 2 N–H and O–H groups in total. The molecule has 1 aromatic carbocycles. The molecule has 1 aromatic rings. The van der Waals surface area contributed by atoms with Crippen LogP contribution < -0.4 is 20.1 Å². The van der Waals surface area contributed by atoms with Gasteiger partial charge in [0.05, 0.1) is 19.0 Å². The Labute approximate surface area is 123 Å². The molecule has 0 saturated heterocycles. The lowest BCUT2D eigenvalue weighted by molar-refractivity contribution is -0.120. The lowest BCUT2D eigenvalue weighted by Crippen LogP contribution is -2.31. The Balaban J connectivity index is 1.62. The highest BCUT2D eigenvalue weighted by Gasteiger charge is 2.17. The average Bonchev–Trinajstić information content (AvgIpc) is 2.99. The summed E-state index contributed by atoms with van der Waals surface area (Å²) < 4.78 is 11.1. The standard InChI is InChI=1S/C15H19N3O3/c1-10(18-15(19)9-14-16-4-5-17-14)11-2-3-12-13(8-11)21-7-6-20-12/h2-3,8,10H,4-7,9H2,1H3,(H,16,17)(H,18,19)/t10-/m0/s1. The van der Waals surface area contributed by atoms with Crippen molar-refractivity contribution < 1.29 is 14.3 Å². The van der Waals surface area contributed by atoms with Crippen LogP contribution in [0.25, 0.3) is 0 Å². The van der Waals surface area contributed by atoms with Crippen molar-refractivity contribution in [1.82, 2.24) is 10.6 Å². The number of amides is 1. The first-order chi connectivity index (χ1) is 10.2. The average molecular weight is 289 g/mol. The van der Waals surface area contributed by atoms with Gasteiger partial charge in [0.25, 0.3) is 0 Å². The van der Waals surface area contributed by atoms with Crippen LogP contribution in [0.4, 0.5) is 0 Å². The fourth-order valence-electron chi connectivity index (χ4n) is 2.42. The Morgan fingerprint density at radius 2 is 2.19 bits per heavy atom. The zero-order valence-corrected chi connectivity index (χ0v) is 12.0. The molecule has 3 rings (SSSR count). The zero-order chi connectivity index (χ0) is 14.7. The maximum Gasteiger partial charge on any atom is 0.228 e. The summed E-state index contributed by atoms with van der Waals surface area (Å²) in [6.07, 6.45) is 0.300. The van der Waals surface area contributed by atoms with Crippen molar-refractivity contribution in [3.05, 3.63) is 23.8 Å². The van der Waals surface area contributed by atoms with Gasteiger partial charge in [0, 0.05) is 6.54 Å². The lowest BCUT2D eigenvalue weighted by atomic mass is 10.1. The van der Waals surface area contributed by atoms with Gasteiger partial charge in [-0.1, -0.05) is 6.07 Å². The summed E-state index contributed by atoms with van der Waals surface area (Å²) in [4.78, 5) is 16.2. The SMILES string of the molecule is C[C@H](NC(=O)CC1=NCCN1)c1ccc2c(c1)OCCO2. The van der Waals surface area contributed by atoms with Gasteiger partial charge in [0.15, 0.2) is 11.5 Å². The summed E-state index contributed by atoms with van der Waals surface area (Å²) in [6, 6.07) is 5.67. The fraction of sp³-hybridized carbons (Fsp3) is 0.467. The van der Waals surface area contributed by atoms with Crippen molar-refractivity contribution in [3.8, 4) is 11.5 Å². The van der Waals surface area contributed by atoms with Gasteiger partial charge in [0.2, 0.25) is 5.91 Å². The van der Waals surface area contributed by atoms with E-state index in [1.54, 1.807) is 0 Å². The van der Waals surface area contributed by atoms with Gasteiger partial charge >= 0.3 is 0 Å². The molecular weight excluding hydrogens is 270 g/mol. The Bertz CT molecular complexity index is 571. The normalized spacial score (nSPS) is 17.7. The van der Waals surface area contributed by atoms with E-state index in [4.69, 9.17) is 9.47 Å². The summed E-state index contributed by atoms with van der Waals surface area (Å²) in [7, 11) is 0. The molecule has 0 aliphatic carbocycles. The predicted molar refractivity (Wildman–Crippen MR) is 78.9 cm³/mol. The van der Waals surface area contributed by atoms with Crippen LogP contribution in [-0.2, 0) is 4.79 Å². The molecule has 2 aliphatic rings. The Kier molecular flexibility index (Phi) is 3.94. The molecule has 6 heteroatoms. The third-order valence-corrected chi connectivity index (χ3v) is 3.52. The molecule has 0 aromatic heterocycles. The van der Waals surface area contributed by atoms with E-state index in [1.807, 2.05) is 25.1 Å². The lowest BCUT2D eigenvalue weighted by Gasteiger charge is -2.21. The van der Waals surface area contributed by atoms with E-state index < -0.39 is 0 Å². The number of nitrogens with zero attached hydrogens (tertiary/aromatic N) is 1. The molecule has 112 valence electrons. The van der Waals surface area contributed by atoms with Gasteiger partial charge in [-0.2, -0.15) is 0 Å². The highest BCUT2D eigenvalue weighted by molar-refractivity contribution is 6.00. The first-order valence-electron chi connectivity index (χ1n) is 7.18. The largest absolute Gasteiger partial charge is 0.486 e.